The molecular weight excluding hydrogens is 264 g/mol. The molecule has 0 atom stereocenters. The lowest BCUT2D eigenvalue weighted by Gasteiger charge is -2.06. The number of aromatic nitrogens is 1. The Bertz CT molecular complexity index is 500. The van der Waals surface area contributed by atoms with Crippen LogP contribution in [0, 0.1) is 6.92 Å². The van der Waals surface area contributed by atoms with Crippen LogP contribution in [0.3, 0.4) is 0 Å². The zero-order valence-electron chi connectivity index (χ0n) is 9.89. The van der Waals surface area contributed by atoms with Crippen molar-refractivity contribution in [2.24, 2.45) is 0 Å². The van der Waals surface area contributed by atoms with Crippen molar-refractivity contribution in [2.45, 2.75) is 33.4 Å². The number of H-pyrrole nitrogens is 1. The van der Waals surface area contributed by atoms with Crippen LogP contribution in [0.5, 0.6) is 0 Å². The molecular formula is C13H17BrN2. The summed E-state index contributed by atoms with van der Waals surface area (Å²) in [6.45, 7) is 7.29. The number of aryl methyl sites for hydroxylation is 1. The van der Waals surface area contributed by atoms with Gasteiger partial charge in [-0.3, -0.25) is 0 Å². The molecule has 0 saturated carbocycles. The largest absolute Gasteiger partial charge is 0.356 e. The zero-order chi connectivity index (χ0) is 11.7. The summed E-state index contributed by atoms with van der Waals surface area (Å²) in [5.41, 5.74) is 3.70. The number of benzene rings is 1. The first-order chi connectivity index (χ1) is 7.58. The van der Waals surface area contributed by atoms with Gasteiger partial charge in [0, 0.05) is 33.7 Å². The third-order valence-corrected chi connectivity index (χ3v) is 3.55. The molecule has 2 N–H and O–H groups in total. The van der Waals surface area contributed by atoms with Crippen molar-refractivity contribution in [3.63, 3.8) is 0 Å². The molecule has 0 saturated heterocycles. The van der Waals surface area contributed by atoms with Gasteiger partial charge >= 0.3 is 0 Å². The van der Waals surface area contributed by atoms with Gasteiger partial charge in [0.2, 0.25) is 0 Å². The Morgan fingerprint density at radius 2 is 2.12 bits per heavy atom. The number of fused-ring (bicyclic) bond motifs is 1. The Hall–Kier alpha value is -0.800. The molecule has 1 aromatic carbocycles. The topological polar surface area (TPSA) is 27.8 Å². The van der Waals surface area contributed by atoms with Crippen LogP contribution in [0.1, 0.15) is 25.1 Å². The van der Waals surface area contributed by atoms with Gasteiger partial charge in [0.15, 0.2) is 0 Å². The Balaban J connectivity index is 2.36. The van der Waals surface area contributed by atoms with Gasteiger partial charge in [-0.1, -0.05) is 26.0 Å². The summed E-state index contributed by atoms with van der Waals surface area (Å²) in [5.74, 6) is 0. The second-order valence-electron chi connectivity index (χ2n) is 4.50. The molecule has 1 heterocycles. The molecule has 16 heavy (non-hydrogen) atoms. The second-order valence-corrected chi connectivity index (χ2v) is 5.30. The second kappa shape index (κ2) is 4.60. The highest BCUT2D eigenvalue weighted by molar-refractivity contribution is 9.10. The fourth-order valence-corrected chi connectivity index (χ4v) is 2.35. The van der Waals surface area contributed by atoms with Gasteiger partial charge in [0.1, 0.15) is 0 Å². The maximum Gasteiger partial charge on any atom is 0.0474 e. The van der Waals surface area contributed by atoms with Gasteiger partial charge in [-0.2, -0.15) is 0 Å². The van der Waals surface area contributed by atoms with E-state index in [1.54, 1.807) is 0 Å². The standard InChI is InChI=1S/C13H17BrN2/c1-8(2)15-7-12-13(14)10-5-4-9(3)6-11(10)16-12/h4-6,8,15-16H,7H2,1-3H3. The first-order valence-corrected chi connectivity index (χ1v) is 6.37. The lowest BCUT2D eigenvalue weighted by atomic mass is 10.2. The first-order valence-electron chi connectivity index (χ1n) is 5.58. The van der Waals surface area contributed by atoms with Crippen molar-refractivity contribution in [3.05, 3.63) is 33.9 Å². The molecule has 0 aliphatic heterocycles. The molecule has 1 aromatic heterocycles. The van der Waals surface area contributed by atoms with E-state index in [2.05, 4.69) is 65.2 Å². The average molecular weight is 281 g/mol. The minimum atomic E-state index is 0.500. The number of rotatable bonds is 3. The highest BCUT2D eigenvalue weighted by Crippen LogP contribution is 2.28. The number of nitrogens with one attached hydrogen (secondary N) is 2. The van der Waals surface area contributed by atoms with Crippen LogP contribution < -0.4 is 5.32 Å². The van der Waals surface area contributed by atoms with E-state index in [1.165, 1.54) is 26.6 Å². The van der Waals surface area contributed by atoms with Crippen molar-refractivity contribution in [3.8, 4) is 0 Å². The minimum absolute atomic E-state index is 0.500. The maximum absolute atomic E-state index is 3.66. The smallest absolute Gasteiger partial charge is 0.0474 e. The first kappa shape index (κ1) is 11.7. The summed E-state index contributed by atoms with van der Waals surface area (Å²) in [5, 5.41) is 4.67. The predicted molar refractivity (Wildman–Crippen MR) is 72.7 cm³/mol. The van der Waals surface area contributed by atoms with Crippen LogP contribution in [0.2, 0.25) is 0 Å². The van der Waals surface area contributed by atoms with Crippen LogP contribution in [0.4, 0.5) is 0 Å². The van der Waals surface area contributed by atoms with E-state index >= 15 is 0 Å². The Labute approximate surface area is 105 Å². The highest BCUT2D eigenvalue weighted by atomic mass is 79.9. The van der Waals surface area contributed by atoms with Gasteiger partial charge in [0.25, 0.3) is 0 Å². The number of aromatic amines is 1. The molecule has 2 aromatic rings. The molecule has 3 heteroatoms. The fourth-order valence-electron chi connectivity index (χ4n) is 1.76. The zero-order valence-corrected chi connectivity index (χ0v) is 11.5. The van der Waals surface area contributed by atoms with Crippen molar-refractivity contribution in [1.82, 2.24) is 10.3 Å². The Morgan fingerprint density at radius 1 is 1.38 bits per heavy atom. The maximum atomic E-state index is 3.66. The molecule has 2 rings (SSSR count). The molecule has 0 aliphatic carbocycles. The number of hydrogen-bond acceptors (Lipinski definition) is 1. The molecule has 0 aliphatic rings. The molecule has 0 fully saturated rings. The van der Waals surface area contributed by atoms with Gasteiger partial charge in [-0.25, -0.2) is 0 Å². The van der Waals surface area contributed by atoms with Crippen molar-refractivity contribution < 1.29 is 0 Å². The van der Waals surface area contributed by atoms with E-state index in [4.69, 9.17) is 0 Å². The monoisotopic (exact) mass is 280 g/mol. The molecule has 0 radical (unpaired) electrons. The summed E-state index contributed by atoms with van der Waals surface area (Å²) < 4.78 is 1.18. The fraction of sp³-hybridized carbons (Fsp3) is 0.385. The quantitative estimate of drug-likeness (QED) is 0.881. The number of hydrogen-bond donors (Lipinski definition) is 2. The van der Waals surface area contributed by atoms with Crippen molar-refractivity contribution >= 4 is 26.8 Å². The van der Waals surface area contributed by atoms with E-state index in [1.807, 2.05) is 0 Å². The Kier molecular flexibility index (Phi) is 3.36. The average Bonchev–Trinajstić information content (AvgIpc) is 2.52. The van der Waals surface area contributed by atoms with E-state index in [0.717, 1.165) is 6.54 Å². The van der Waals surface area contributed by atoms with E-state index < -0.39 is 0 Å². The lowest BCUT2D eigenvalue weighted by Crippen LogP contribution is -2.22. The summed E-state index contributed by atoms with van der Waals surface area (Å²) in [6, 6.07) is 6.98. The van der Waals surface area contributed by atoms with Gasteiger partial charge in [-0.15, -0.1) is 0 Å². The van der Waals surface area contributed by atoms with Gasteiger partial charge in [-0.05, 0) is 34.5 Å². The van der Waals surface area contributed by atoms with Gasteiger partial charge in [0.05, 0.1) is 0 Å². The SMILES string of the molecule is Cc1ccc2c(Br)c(CNC(C)C)[nH]c2c1. The van der Waals surface area contributed by atoms with Crippen molar-refractivity contribution in [2.75, 3.05) is 0 Å². The normalized spacial score (nSPS) is 11.6. The molecule has 0 spiro atoms. The van der Waals surface area contributed by atoms with Crippen LogP contribution in [-0.4, -0.2) is 11.0 Å². The van der Waals surface area contributed by atoms with E-state index in [9.17, 15) is 0 Å². The van der Waals surface area contributed by atoms with E-state index in [-0.39, 0.29) is 0 Å². The molecule has 2 nitrogen and oxygen atoms in total. The molecule has 0 amide bonds. The lowest BCUT2D eigenvalue weighted by molar-refractivity contribution is 0.582. The molecule has 0 unspecified atom stereocenters. The third kappa shape index (κ3) is 2.30. The summed E-state index contributed by atoms with van der Waals surface area (Å²) in [6.07, 6.45) is 0. The van der Waals surface area contributed by atoms with Crippen LogP contribution in [-0.2, 0) is 6.54 Å². The highest BCUT2D eigenvalue weighted by Gasteiger charge is 2.08. The third-order valence-electron chi connectivity index (χ3n) is 2.65. The molecule has 0 bridgehead atoms. The van der Waals surface area contributed by atoms with Gasteiger partial charge < -0.3 is 10.3 Å². The van der Waals surface area contributed by atoms with Crippen LogP contribution in [0.15, 0.2) is 22.7 Å². The summed E-state index contributed by atoms with van der Waals surface area (Å²) >= 11 is 3.66. The number of halogens is 1. The molecule has 86 valence electrons. The van der Waals surface area contributed by atoms with Crippen molar-refractivity contribution in [1.29, 1.82) is 0 Å². The van der Waals surface area contributed by atoms with Crippen LogP contribution >= 0.6 is 15.9 Å². The predicted octanol–water partition coefficient (Wildman–Crippen LogP) is 3.74. The Morgan fingerprint density at radius 3 is 2.81 bits per heavy atom. The summed E-state index contributed by atoms with van der Waals surface area (Å²) in [4.78, 5) is 3.45. The minimum Gasteiger partial charge on any atom is -0.356 e. The van der Waals surface area contributed by atoms with E-state index in [0.29, 0.717) is 6.04 Å². The summed E-state index contributed by atoms with van der Waals surface area (Å²) in [7, 11) is 0. The van der Waals surface area contributed by atoms with Crippen LogP contribution in [0.25, 0.3) is 10.9 Å².